The summed E-state index contributed by atoms with van der Waals surface area (Å²) in [7, 11) is 0. The van der Waals surface area contributed by atoms with E-state index in [9.17, 15) is 0 Å². The fourth-order valence-corrected chi connectivity index (χ4v) is 6.00. The number of nitrogen functional groups attached to an aromatic ring is 1. The number of nitrogens with zero attached hydrogens (tertiary/aromatic N) is 5. The second kappa shape index (κ2) is 9.31. The molecular weight excluding hydrogens is 448 g/mol. The van der Waals surface area contributed by atoms with Gasteiger partial charge in [-0.2, -0.15) is 22.0 Å². The highest BCUT2D eigenvalue weighted by Gasteiger charge is 2.24. The Kier molecular flexibility index (Phi) is 5.88. The molecule has 34 heavy (non-hydrogen) atoms. The van der Waals surface area contributed by atoms with E-state index in [0.29, 0.717) is 11.9 Å². The van der Waals surface area contributed by atoms with Crippen molar-refractivity contribution in [1.82, 2.24) is 24.4 Å². The van der Waals surface area contributed by atoms with Crippen LogP contribution in [0.5, 0.6) is 5.75 Å². The Hall–Kier alpha value is -3.04. The Labute approximate surface area is 202 Å². The molecule has 0 unspecified atom stereocenters. The molecular formula is C25H28N6O2S. The highest BCUT2D eigenvalue weighted by atomic mass is 32.2. The first-order chi connectivity index (χ1) is 16.8. The molecule has 2 N–H and O–H groups in total. The van der Waals surface area contributed by atoms with Crippen LogP contribution in [0.15, 0.2) is 48.9 Å². The van der Waals surface area contributed by atoms with Crippen LogP contribution in [0.3, 0.4) is 0 Å². The second-order valence-electron chi connectivity index (χ2n) is 8.81. The number of hydrogen-bond donors (Lipinski definition) is 1. The van der Waals surface area contributed by atoms with Gasteiger partial charge in [-0.25, -0.2) is 9.50 Å². The summed E-state index contributed by atoms with van der Waals surface area (Å²) in [5, 5.41) is 9.23. The number of fused-ring (bicyclic) bond motifs is 1. The van der Waals surface area contributed by atoms with Crippen LogP contribution in [0, 0.1) is 0 Å². The lowest BCUT2D eigenvalue weighted by molar-refractivity contribution is 0.0667. The topological polar surface area (TPSA) is 92.5 Å². The molecule has 8 nitrogen and oxygen atoms in total. The van der Waals surface area contributed by atoms with E-state index in [1.165, 1.54) is 6.33 Å². The molecule has 0 spiro atoms. The van der Waals surface area contributed by atoms with Crippen molar-refractivity contribution in [2.24, 2.45) is 0 Å². The predicted molar refractivity (Wildman–Crippen MR) is 134 cm³/mol. The second-order valence-corrected chi connectivity index (χ2v) is 10.0. The van der Waals surface area contributed by atoms with Crippen LogP contribution >= 0.6 is 11.8 Å². The van der Waals surface area contributed by atoms with Gasteiger partial charge in [-0.05, 0) is 61.5 Å². The normalized spacial score (nSPS) is 17.9. The zero-order valence-corrected chi connectivity index (χ0v) is 19.8. The van der Waals surface area contributed by atoms with Crippen LogP contribution in [0.4, 0.5) is 5.82 Å². The lowest BCUT2D eigenvalue weighted by Gasteiger charge is -2.24. The van der Waals surface area contributed by atoms with Crippen molar-refractivity contribution in [2.45, 2.75) is 37.8 Å². The van der Waals surface area contributed by atoms with Gasteiger partial charge in [-0.15, -0.1) is 0 Å². The number of nitrogens with two attached hydrogens (primary N) is 1. The van der Waals surface area contributed by atoms with Crippen LogP contribution in [-0.2, 0) is 4.74 Å². The van der Waals surface area contributed by atoms with Crippen molar-refractivity contribution in [3.05, 3.63) is 48.9 Å². The summed E-state index contributed by atoms with van der Waals surface area (Å²) in [6, 6.07) is 12.7. The molecule has 2 fully saturated rings. The van der Waals surface area contributed by atoms with Gasteiger partial charge >= 0.3 is 0 Å². The molecule has 1 aromatic carbocycles. The largest absolute Gasteiger partial charge is 0.490 e. The first-order valence-corrected chi connectivity index (χ1v) is 13.0. The maximum atomic E-state index is 6.39. The van der Waals surface area contributed by atoms with E-state index in [1.54, 1.807) is 0 Å². The van der Waals surface area contributed by atoms with E-state index in [4.69, 9.17) is 15.2 Å². The number of aromatic nitrogens is 5. The molecule has 0 saturated carbocycles. The van der Waals surface area contributed by atoms with E-state index in [2.05, 4.69) is 38.1 Å². The van der Waals surface area contributed by atoms with E-state index in [-0.39, 0.29) is 6.10 Å². The first kappa shape index (κ1) is 21.5. The van der Waals surface area contributed by atoms with Crippen LogP contribution in [0.25, 0.3) is 28.0 Å². The Bertz CT molecular complexity index is 1290. The monoisotopic (exact) mass is 476 g/mol. The Morgan fingerprint density at radius 1 is 1.00 bits per heavy atom. The van der Waals surface area contributed by atoms with Gasteiger partial charge in [-0.1, -0.05) is 12.1 Å². The van der Waals surface area contributed by atoms with Crippen molar-refractivity contribution >= 4 is 23.1 Å². The molecule has 2 aliphatic heterocycles. The van der Waals surface area contributed by atoms with E-state index < -0.39 is 0 Å². The summed E-state index contributed by atoms with van der Waals surface area (Å²) in [6.45, 7) is 1.51. The third-order valence-corrected chi connectivity index (χ3v) is 7.72. The number of benzene rings is 1. The van der Waals surface area contributed by atoms with Gasteiger partial charge in [-0.3, -0.25) is 4.68 Å². The molecule has 0 amide bonds. The highest BCUT2D eigenvalue weighted by Crippen LogP contribution is 2.37. The van der Waals surface area contributed by atoms with Gasteiger partial charge in [0.1, 0.15) is 23.7 Å². The van der Waals surface area contributed by atoms with Gasteiger partial charge in [0.05, 0.1) is 17.4 Å². The zero-order chi connectivity index (χ0) is 22.9. The van der Waals surface area contributed by atoms with Crippen LogP contribution < -0.4 is 10.5 Å². The van der Waals surface area contributed by atoms with Gasteiger partial charge in [0.25, 0.3) is 0 Å². The van der Waals surface area contributed by atoms with Crippen molar-refractivity contribution in [3.8, 4) is 28.3 Å². The average molecular weight is 477 g/mol. The Morgan fingerprint density at radius 3 is 2.71 bits per heavy atom. The minimum atomic E-state index is 0.280. The number of rotatable bonds is 5. The van der Waals surface area contributed by atoms with Crippen LogP contribution in [-0.4, -0.2) is 55.2 Å². The number of ether oxygens (including phenoxy) is 2. The molecule has 0 atom stereocenters. The maximum Gasteiger partial charge on any atom is 0.152 e. The Balaban J connectivity index is 1.42. The molecule has 4 aromatic rings. The minimum absolute atomic E-state index is 0.280. The smallest absolute Gasteiger partial charge is 0.152 e. The molecule has 2 aliphatic rings. The quantitative estimate of drug-likeness (QED) is 0.454. The summed E-state index contributed by atoms with van der Waals surface area (Å²) >= 11 is 2.00. The summed E-state index contributed by atoms with van der Waals surface area (Å²) in [5.41, 5.74) is 11.2. The molecule has 176 valence electrons. The zero-order valence-electron chi connectivity index (χ0n) is 19.0. The summed E-state index contributed by atoms with van der Waals surface area (Å²) < 4.78 is 15.9. The predicted octanol–water partition coefficient (Wildman–Crippen LogP) is 4.47. The fourth-order valence-electron chi connectivity index (χ4n) is 4.93. The molecule has 3 aromatic heterocycles. The summed E-state index contributed by atoms with van der Waals surface area (Å²) in [6.07, 6.45) is 7.70. The number of hydrogen-bond acceptors (Lipinski definition) is 7. The van der Waals surface area contributed by atoms with Gasteiger partial charge < -0.3 is 15.2 Å². The van der Waals surface area contributed by atoms with Gasteiger partial charge in [0, 0.05) is 30.5 Å². The van der Waals surface area contributed by atoms with Gasteiger partial charge in [0.2, 0.25) is 0 Å². The van der Waals surface area contributed by atoms with E-state index in [1.807, 2.05) is 40.7 Å². The van der Waals surface area contributed by atoms with Crippen LogP contribution in [0.1, 0.15) is 31.7 Å². The SMILES string of the molecule is Nc1ncnn2c(-c3cccc(OC4CCSCC4)c3)cc(-c3ccnn3C3CCOCC3)c12. The average Bonchev–Trinajstić information content (AvgIpc) is 3.51. The number of anilines is 1. The highest BCUT2D eigenvalue weighted by molar-refractivity contribution is 7.99. The summed E-state index contributed by atoms with van der Waals surface area (Å²) in [4.78, 5) is 4.29. The molecule has 0 radical (unpaired) electrons. The molecule has 2 saturated heterocycles. The summed E-state index contributed by atoms with van der Waals surface area (Å²) in [5.74, 6) is 3.66. The minimum Gasteiger partial charge on any atom is -0.490 e. The lowest BCUT2D eigenvalue weighted by atomic mass is 10.1. The van der Waals surface area contributed by atoms with E-state index >= 15 is 0 Å². The number of thioether (sulfide) groups is 1. The molecule has 6 rings (SSSR count). The lowest BCUT2D eigenvalue weighted by Crippen LogP contribution is -2.22. The molecule has 0 bridgehead atoms. The van der Waals surface area contributed by atoms with Crippen molar-refractivity contribution < 1.29 is 9.47 Å². The fraction of sp³-hybridized carbons (Fsp3) is 0.400. The first-order valence-electron chi connectivity index (χ1n) is 11.9. The molecule has 5 heterocycles. The molecule has 9 heteroatoms. The maximum absolute atomic E-state index is 6.39. The Morgan fingerprint density at radius 2 is 1.85 bits per heavy atom. The third-order valence-electron chi connectivity index (χ3n) is 6.67. The standard InChI is InChI=1S/C25H28N6O2S/c26-25-24-21(22-4-9-28-30(22)18-5-10-32-11-6-18)15-23(31(24)29-16-27-25)17-2-1-3-20(14-17)33-19-7-12-34-13-8-19/h1-4,9,14-16,18-19H,5-8,10-13H2,(H2,26,27,29). The molecule has 0 aliphatic carbocycles. The van der Waals surface area contributed by atoms with E-state index in [0.717, 1.165) is 84.2 Å². The van der Waals surface area contributed by atoms with Crippen molar-refractivity contribution in [1.29, 1.82) is 0 Å². The van der Waals surface area contributed by atoms with Crippen molar-refractivity contribution in [3.63, 3.8) is 0 Å². The van der Waals surface area contributed by atoms with Gasteiger partial charge in [0.15, 0.2) is 5.82 Å². The van der Waals surface area contributed by atoms with Crippen LogP contribution in [0.2, 0.25) is 0 Å². The van der Waals surface area contributed by atoms with Crippen molar-refractivity contribution in [2.75, 3.05) is 30.5 Å². The third kappa shape index (κ3) is 4.03.